The lowest BCUT2D eigenvalue weighted by molar-refractivity contribution is -0.154. The van der Waals surface area contributed by atoms with Gasteiger partial charge in [0.1, 0.15) is 6.54 Å². The van der Waals surface area contributed by atoms with Crippen molar-refractivity contribution in [2.75, 3.05) is 18.5 Å². The van der Waals surface area contributed by atoms with E-state index < -0.39 is 65.4 Å². The molecule has 1 aromatic carbocycles. The fourth-order valence-electron chi connectivity index (χ4n) is 3.72. The molecule has 2 fully saturated rings. The van der Waals surface area contributed by atoms with Crippen molar-refractivity contribution in [2.45, 2.75) is 31.9 Å². The van der Waals surface area contributed by atoms with Crippen LogP contribution in [0.25, 0.3) is 0 Å². The van der Waals surface area contributed by atoms with E-state index in [1.165, 1.54) is 6.07 Å². The number of carbonyl (C=O) groups excluding carboxylic acids is 4. The van der Waals surface area contributed by atoms with Crippen molar-refractivity contribution in [3.05, 3.63) is 28.8 Å². The van der Waals surface area contributed by atoms with E-state index in [2.05, 4.69) is 5.32 Å². The molecule has 1 saturated carbocycles. The Morgan fingerprint density at radius 2 is 1.73 bits per heavy atom. The third-order valence-electron chi connectivity index (χ3n) is 5.14. The van der Waals surface area contributed by atoms with E-state index in [-0.39, 0.29) is 5.69 Å². The highest BCUT2D eigenvalue weighted by atomic mass is 35.5. The van der Waals surface area contributed by atoms with Crippen LogP contribution >= 0.6 is 11.6 Å². The van der Waals surface area contributed by atoms with Gasteiger partial charge in [-0.1, -0.05) is 24.4 Å². The molecule has 0 bridgehead atoms. The number of imide groups is 1. The monoisotopic (exact) mass is 446 g/mol. The Morgan fingerprint density at radius 3 is 2.30 bits per heavy atom. The van der Waals surface area contributed by atoms with Crippen LogP contribution in [0.2, 0.25) is 5.02 Å². The van der Waals surface area contributed by atoms with Gasteiger partial charge in [-0.05, 0) is 31.0 Å². The van der Waals surface area contributed by atoms with E-state index in [0.717, 1.165) is 23.8 Å². The van der Waals surface area contributed by atoms with Gasteiger partial charge in [0.15, 0.2) is 6.61 Å². The summed E-state index contributed by atoms with van der Waals surface area (Å²) in [4.78, 5) is 49.4. The zero-order valence-corrected chi connectivity index (χ0v) is 16.4. The molecule has 30 heavy (non-hydrogen) atoms. The van der Waals surface area contributed by atoms with Crippen molar-refractivity contribution in [1.82, 2.24) is 4.90 Å². The van der Waals surface area contributed by atoms with Crippen LogP contribution in [0, 0.1) is 11.8 Å². The third kappa shape index (κ3) is 4.75. The van der Waals surface area contributed by atoms with Gasteiger partial charge in [0.25, 0.3) is 5.91 Å². The van der Waals surface area contributed by atoms with Crippen molar-refractivity contribution in [3.8, 4) is 0 Å². The normalized spacial score (nSPS) is 21.4. The second kappa shape index (κ2) is 8.63. The summed E-state index contributed by atoms with van der Waals surface area (Å²) in [5.41, 5.74) is -1.30. The van der Waals surface area contributed by atoms with Crippen molar-refractivity contribution in [3.63, 3.8) is 0 Å². The maximum atomic E-state index is 12.9. The molecular formula is C19H18ClF3N2O5. The van der Waals surface area contributed by atoms with Gasteiger partial charge in [0, 0.05) is 5.69 Å². The number of likely N-dealkylation sites (tertiary alicyclic amines) is 1. The number of anilines is 1. The number of carbonyl (C=O) groups is 4. The average Bonchev–Trinajstić information content (AvgIpc) is 2.92. The molecule has 3 amide bonds. The van der Waals surface area contributed by atoms with Crippen LogP contribution in [0.1, 0.15) is 31.2 Å². The van der Waals surface area contributed by atoms with Crippen molar-refractivity contribution < 1.29 is 37.1 Å². The quantitative estimate of drug-likeness (QED) is 0.554. The molecule has 1 aliphatic carbocycles. The molecule has 2 aliphatic rings. The maximum Gasteiger partial charge on any atom is 0.417 e. The number of benzene rings is 1. The molecule has 0 unspecified atom stereocenters. The fourth-order valence-corrected chi connectivity index (χ4v) is 3.95. The van der Waals surface area contributed by atoms with E-state index in [9.17, 15) is 32.3 Å². The highest BCUT2D eigenvalue weighted by Crippen LogP contribution is 2.38. The molecule has 1 N–H and O–H groups in total. The molecule has 162 valence electrons. The van der Waals surface area contributed by atoms with Gasteiger partial charge in [-0.2, -0.15) is 13.2 Å². The summed E-state index contributed by atoms with van der Waals surface area (Å²) in [7, 11) is 0. The number of halogens is 4. The van der Waals surface area contributed by atoms with Crippen LogP contribution in [0.15, 0.2) is 18.2 Å². The van der Waals surface area contributed by atoms with Gasteiger partial charge in [-0.3, -0.25) is 24.1 Å². The minimum absolute atomic E-state index is 0.179. The first-order valence-corrected chi connectivity index (χ1v) is 9.63. The first-order valence-electron chi connectivity index (χ1n) is 9.25. The Hall–Kier alpha value is -2.62. The van der Waals surface area contributed by atoms with Crippen molar-refractivity contribution >= 4 is 41.0 Å². The molecule has 1 saturated heterocycles. The van der Waals surface area contributed by atoms with E-state index in [1.807, 2.05) is 0 Å². The molecule has 1 aliphatic heterocycles. The molecule has 2 atom stereocenters. The molecule has 11 heteroatoms. The first-order chi connectivity index (χ1) is 14.1. The van der Waals surface area contributed by atoms with Crippen LogP contribution in [0.5, 0.6) is 0 Å². The van der Waals surface area contributed by atoms with Gasteiger partial charge in [0.05, 0.1) is 22.4 Å². The van der Waals surface area contributed by atoms with Crippen LogP contribution < -0.4 is 5.32 Å². The smallest absolute Gasteiger partial charge is 0.417 e. The van der Waals surface area contributed by atoms with E-state index in [1.54, 1.807) is 0 Å². The molecule has 1 heterocycles. The number of amides is 3. The summed E-state index contributed by atoms with van der Waals surface area (Å²) >= 11 is 5.51. The number of esters is 1. The van der Waals surface area contributed by atoms with E-state index in [4.69, 9.17) is 16.3 Å². The molecule has 3 rings (SSSR count). The lowest BCUT2D eigenvalue weighted by Gasteiger charge is -2.19. The van der Waals surface area contributed by atoms with Crippen molar-refractivity contribution in [1.29, 1.82) is 0 Å². The zero-order chi connectivity index (χ0) is 22.1. The number of nitrogens with zero attached hydrogens (tertiary/aromatic N) is 1. The number of hydrogen-bond acceptors (Lipinski definition) is 5. The van der Waals surface area contributed by atoms with Gasteiger partial charge >= 0.3 is 12.1 Å². The first kappa shape index (κ1) is 22.1. The SMILES string of the molecule is O=C(COC(=O)CN1C(=O)[C@H]2CCCC[C@@H]2C1=O)Nc1ccc(Cl)c(C(F)(F)F)c1. The summed E-state index contributed by atoms with van der Waals surface area (Å²) < 4.78 is 43.3. The number of ether oxygens (including phenoxy) is 1. The summed E-state index contributed by atoms with van der Waals surface area (Å²) in [6.07, 6.45) is -1.80. The zero-order valence-electron chi connectivity index (χ0n) is 15.6. The Morgan fingerprint density at radius 1 is 1.13 bits per heavy atom. The molecule has 1 aromatic rings. The van der Waals surface area contributed by atoms with Crippen LogP contribution in [-0.2, 0) is 30.1 Å². The Balaban J connectivity index is 1.52. The molecule has 0 spiro atoms. The molecule has 0 aromatic heterocycles. The second-order valence-electron chi connectivity index (χ2n) is 7.16. The lowest BCUT2D eigenvalue weighted by atomic mass is 9.81. The largest absolute Gasteiger partial charge is 0.454 e. The standard InChI is InChI=1S/C19H18ClF3N2O5/c20-14-6-5-10(7-13(14)19(21,22)23)24-15(26)9-30-16(27)8-25-17(28)11-3-1-2-4-12(11)18(25)29/h5-7,11-12H,1-4,8-9H2,(H,24,26)/t11-,12-/m0/s1. The number of rotatable bonds is 5. The fraction of sp³-hybridized carbons (Fsp3) is 0.474. The average molecular weight is 447 g/mol. The predicted molar refractivity (Wildman–Crippen MR) is 98.2 cm³/mol. The highest BCUT2D eigenvalue weighted by Gasteiger charge is 2.48. The minimum Gasteiger partial charge on any atom is -0.454 e. The maximum absolute atomic E-state index is 12.9. The Bertz CT molecular complexity index is 865. The molecule has 0 radical (unpaired) electrons. The van der Waals surface area contributed by atoms with Crippen molar-refractivity contribution in [2.24, 2.45) is 11.8 Å². The summed E-state index contributed by atoms with van der Waals surface area (Å²) in [5.74, 6) is -3.48. The molecular weight excluding hydrogens is 429 g/mol. The predicted octanol–water partition coefficient (Wildman–Crippen LogP) is 3.02. The van der Waals surface area contributed by atoms with Crippen LogP contribution in [0.4, 0.5) is 18.9 Å². The van der Waals surface area contributed by atoms with E-state index >= 15 is 0 Å². The van der Waals surface area contributed by atoms with E-state index in [0.29, 0.717) is 18.9 Å². The minimum atomic E-state index is -4.70. The lowest BCUT2D eigenvalue weighted by Crippen LogP contribution is -2.37. The van der Waals surface area contributed by atoms with Gasteiger partial charge < -0.3 is 10.1 Å². The number of alkyl halides is 3. The topological polar surface area (TPSA) is 92.8 Å². The Kier molecular flexibility index (Phi) is 6.35. The third-order valence-corrected chi connectivity index (χ3v) is 5.47. The van der Waals surface area contributed by atoms with Gasteiger partial charge in [-0.15, -0.1) is 0 Å². The second-order valence-corrected chi connectivity index (χ2v) is 7.57. The number of fused-ring (bicyclic) bond motifs is 1. The van der Waals surface area contributed by atoms with Gasteiger partial charge in [-0.25, -0.2) is 0 Å². The Labute approximate surface area is 174 Å². The van der Waals surface area contributed by atoms with Crippen LogP contribution in [-0.4, -0.2) is 41.7 Å². The summed E-state index contributed by atoms with van der Waals surface area (Å²) in [6, 6.07) is 2.81. The number of nitrogens with one attached hydrogen (secondary N) is 1. The van der Waals surface area contributed by atoms with Crippen LogP contribution in [0.3, 0.4) is 0 Å². The summed E-state index contributed by atoms with van der Waals surface area (Å²) in [6.45, 7) is -1.39. The summed E-state index contributed by atoms with van der Waals surface area (Å²) in [5, 5.41) is 1.65. The number of hydrogen-bond donors (Lipinski definition) is 1. The highest BCUT2D eigenvalue weighted by molar-refractivity contribution is 6.31. The van der Waals surface area contributed by atoms with Gasteiger partial charge in [0.2, 0.25) is 11.8 Å². The molecule has 7 nitrogen and oxygen atoms in total.